The average molecular weight is 455 g/mol. The van der Waals surface area contributed by atoms with Gasteiger partial charge in [-0.1, -0.05) is 24.3 Å². The molecule has 0 heterocycles. The molecule has 0 aliphatic carbocycles. The van der Waals surface area contributed by atoms with Crippen LogP contribution in [0.4, 0.5) is 0 Å². The highest BCUT2D eigenvalue weighted by Crippen LogP contribution is 2.12. The maximum absolute atomic E-state index is 5.17. The van der Waals surface area contributed by atoms with E-state index >= 15 is 0 Å². The van der Waals surface area contributed by atoms with Crippen molar-refractivity contribution >= 4 is 29.9 Å². The third-order valence-corrected chi connectivity index (χ3v) is 3.54. The molecule has 136 valence electrons. The predicted molar refractivity (Wildman–Crippen MR) is 113 cm³/mol. The Morgan fingerprint density at radius 1 is 0.840 bits per heavy atom. The lowest BCUT2D eigenvalue weighted by molar-refractivity contribution is 0.414. The van der Waals surface area contributed by atoms with Crippen molar-refractivity contribution in [2.75, 3.05) is 20.8 Å². The van der Waals surface area contributed by atoms with E-state index in [0.717, 1.165) is 29.6 Å². The molecule has 0 aliphatic rings. The Hall–Kier alpha value is -1.96. The van der Waals surface area contributed by atoms with Crippen molar-refractivity contribution in [3.05, 3.63) is 59.7 Å². The molecule has 0 amide bonds. The Kier molecular flexibility index (Phi) is 9.76. The van der Waals surface area contributed by atoms with Gasteiger partial charge in [-0.2, -0.15) is 0 Å². The number of guanidine groups is 1. The number of methoxy groups -OCH3 is 2. The fourth-order valence-corrected chi connectivity index (χ4v) is 2.17. The molecule has 5 nitrogen and oxygen atoms in total. The fraction of sp³-hybridized carbons (Fsp3) is 0.316. The third-order valence-electron chi connectivity index (χ3n) is 3.54. The van der Waals surface area contributed by atoms with Gasteiger partial charge in [0.2, 0.25) is 0 Å². The average Bonchev–Trinajstić information content (AvgIpc) is 2.65. The quantitative estimate of drug-likeness (QED) is 0.381. The Morgan fingerprint density at radius 3 is 1.84 bits per heavy atom. The molecular formula is C19H26IN3O2. The van der Waals surface area contributed by atoms with Gasteiger partial charge >= 0.3 is 0 Å². The molecule has 0 spiro atoms. The first kappa shape index (κ1) is 21.1. The first-order valence-electron chi connectivity index (χ1n) is 8.03. The van der Waals surface area contributed by atoms with Crippen LogP contribution in [-0.2, 0) is 13.1 Å². The lowest BCUT2D eigenvalue weighted by Crippen LogP contribution is -2.36. The largest absolute Gasteiger partial charge is 0.497 e. The second-order valence-corrected chi connectivity index (χ2v) is 5.24. The lowest BCUT2D eigenvalue weighted by Gasteiger charge is -2.12. The Bertz CT molecular complexity index is 643. The minimum atomic E-state index is 0. The SMILES string of the molecule is CCNC(=NCc1ccc(OC)cc1)NCc1ccc(OC)cc1.I. The van der Waals surface area contributed by atoms with E-state index in [1.807, 2.05) is 48.5 Å². The molecule has 2 aromatic rings. The van der Waals surface area contributed by atoms with Crippen molar-refractivity contribution in [2.24, 2.45) is 4.99 Å². The van der Waals surface area contributed by atoms with Gasteiger partial charge < -0.3 is 20.1 Å². The summed E-state index contributed by atoms with van der Waals surface area (Å²) >= 11 is 0. The van der Waals surface area contributed by atoms with Gasteiger partial charge in [-0.05, 0) is 42.3 Å². The van der Waals surface area contributed by atoms with Gasteiger partial charge in [0.25, 0.3) is 0 Å². The minimum absolute atomic E-state index is 0. The van der Waals surface area contributed by atoms with Crippen LogP contribution in [0.1, 0.15) is 18.1 Å². The van der Waals surface area contributed by atoms with Gasteiger partial charge in [-0.25, -0.2) is 4.99 Å². The number of nitrogens with one attached hydrogen (secondary N) is 2. The first-order valence-corrected chi connectivity index (χ1v) is 8.03. The molecule has 2 rings (SSSR count). The fourth-order valence-electron chi connectivity index (χ4n) is 2.17. The molecule has 0 aromatic heterocycles. The summed E-state index contributed by atoms with van der Waals surface area (Å²) in [5, 5.41) is 6.60. The van der Waals surface area contributed by atoms with Crippen LogP contribution in [0, 0.1) is 0 Å². The van der Waals surface area contributed by atoms with Crippen LogP contribution in [0.3, 0.4) is 0 Å². The zero-order chi connectivity index (χ0) is 17.2. The van der Waals surface area contributed by atoms with E-state index in [1.54, 1.807) is 14.2 Å². The number of ether oxygens (including phenoxy) is 2. The molecule has 25 heavy (non-hydrogen) atoms. The first-order chi connectivity index (χ1) is 11.7. The molecule has 6 heteroatoms. The van der Waals surface area contributed by atoms with Crippen molar-refractivity contribution in [1.82, 2.24) is 10.6 Å². The monoisotopic (exact) mass is 455 g/mol. The third kappa shape index (κ3) is 7.21. The van der Waals surface area contributed by atoms with Crippen molar-refractivity contribution in [2.45, 2.75) is 20.0 Å². The maximum atomic E-state index is 5.17. The van der Waals surface area contributed by atoms with E-state index in [2.05, 4.69) is 22.5 Å². The van der Waals surface area contributed by atoms with Crippen LogP contribution in [0.25, 0.3) is 0 Å². The number of rotatable bonds is 7. The lowest BCUT2D eigenvalue weighted by atomic mass is 10.2. The summed E-state index contributed by atoms with van der Waals surface area (Å²) in [4.78, 5) is 4.62. The smallest absolute Gasteiger partial charge is 0.191 e. The Morgan fingerprint density at radius 2 is 1.36 bits per heavy atom. The maximum Gasteiger partial charge on any atom is 0.191 e. The molecule has 0 saturated heterocycles. The van der Waals surface area contributed by atoms with E-state index in [1.165, 1.54) is 5.56 Å². The second kappa shape index (κ2) is 11.6. The number of hydrogen-bond acceptors (Lipinski definition) is 3. The van der Waals surface area contributed by atoms with Crippen molar-refractivity contribution in [1.29, 1.82) is 0 Å². The molecule has 0 bridgehead atoms. The summed E-state index contributed by atoms with van der Waals surface area (Å²) in [6.07, 6.45) is 0. The van der Waals surface area contributed by atoms with Crippen LogP contribution >= 0.6 is 24.0 Å². The van der Waals surface area contributed by atoms with Gasteiger partial charge in [-0.3, -0.25) is 0 Å². The Labute approximate surface area is 166 Å². The molecule has 2 aromatic carbocycles. The van der Waals surface area contributed by atoms with Crippen LogP contribution in [0.15, 0.2) is 53.5 Å². The summed E-state index contributed by atoms with van der Waals surface area (Å²) in [6, 6.07) is 15.9. The number of halogens is 1. The van der Waals surface area contributed by atoms with Crippen molar-refractivity contribution < 1.29 is 9.47 Å². The summed E-state index contributed by atoms with van der Waals surface area (Å²) in [5.74, 6) is 2.51. The minimum Gasteiger partial charge on any atom is -0.497 e. The topological polar surface area (TPSA) is 54.9 Å². The normalized spacial score (nSPS) is 10.6. The zero-order valence-corrected chi connectivity index (χ0v) is 17.2. The molecule has 0 fully saturated rings. The van der Waals surface area contributed by atoms with Crippen LogP contribution in [-0.4, -0.2) is 26.7 Å². The van der Waals surface area contributed by atoms with E-state index in [4.69, 9.17) is 9.47 Å². The number of aliphatic imine (C=N–C) groups is 1. The number of nitrogens with zero attached hydrogens (tertiary/aromatic N) is 1. The summed E-state index contributed by atoms with van der Waals surface area (Å²) in [6.45, 7) is 4.19. The van der Waals surface area contributed by atoms with Gasteiger partial charge in [0.1, 0.15) is 11.5 Å². The molecular weight excluding hydrogens is 429 g/mol. The molecule has 0 atom stereocenters. The number of hydrogen-bond donors (Lipinski definition) is 2. The zero-order valence-electron chi connectivity index (χ0n) is 14.9. The molecule has 0 unspecified atom stereocenters. The molecule has 0 radical (unpaired) electrons. The van der Waals surface area contributed by atoms with Gasteiger partial charge in [0.05, 0.1) is 20.8 Å². The molecule has 2 N–H and O–H groups in total. The van der Waals surface area contributed by atoms with Crippen LogP contribution < -0.4 is 20.1 Å². The van der Waals surface area contributed by atoms with Crippen LogP contribution in [0.5, 0.6) is 11.5 Å². The standard InChI is InChI=1S/C19H25N3O2.HI/c1-4-20-19(21-13-15-5-9-17(23-2)10-6-15)22-14-16-7-11-18(24-3)12-8-16;/h5-12H,4,13-14H2,1-3H3,(H2,20,21,22);1H. The highest BCUT2D eigenvalue weighted by atomic mass is 127. The predicted octanol–water partition coefficient (Wildman–Crippen LogP) is 3.58. The van der Waals surface area contributed by atoms with E-state index < -0.39 is 0 Å². The molecule has 0 saturated carbocycles. The highest BCUT2D eigenvalue weighted by molar-refractivity contribution is 14.0. The van der Waals surface area contributed by atoms with E-state index in [0.29, 0.717) is 13.1 Å². The van der Waals surface area contributed by atoms with E-state index in [-0.39, 0.29) is 24.0 Å². The molecule has 0 aliphatic heterocycles. The summed E-state index contributed by atoms with van der Waals surface area (Å²) in [7, 11) is 3.34. The van der Waals surface area contributed by atoms with Gasteiger partial charge in [0, 0.05) is 13.1 Å². The highest BCUT2D eigenvalue weighted by Gasteiger charge is 2.00. The number of benzene rings is 2. The van der Waals surface area contributed by atoms with Crippen LogP contribution in [0.2, 0.25) is 0 Å². The second-order valence-electron chi connectivity index (χ2n) is 5.24. The summed E-state index contributed by atoms with van der Waals surface area (Å²) < 4.78 is 10.3. The van der Waals surface area contributed by atoms with Crippen molar-refractivity contribution in [3.63, 3.8) is 0 Å². The van der Waals surface area contributed by atoms with Crippen molar-refractivity contribution in [3.8, 4) is 11.5 Å². The van der Waals surface area contributed by atoms with Gasteiger partial charge in [0.15, 0.2) is 5.96 Å². The van der Waals surface area contributed by atoms with Gasteiger partial charge in [-0.15, -0.1) is 24.0 Å². The summed E-state index contributed by atoms with van der Waals surface area (Å²) in [5.41, 5.74) is 2.31. The van der Waals surface area contributed by atoms with E-state index in [9.17, 15) is 0 Å². The Balaban J connectivity index is 0.00000312.